The van der Waals surface area contributed by atoms with Crippen LogP contribution in [0, 0.1) is 5.41 Å². The summed E-state index contributed by atoms with van der Waals surface area (Å²) in [6, 6.07) is 7.31. The number of dihydropyridines is 1. The van der Waals surface area contributed by atoms with E-state index < -0.39 is 12.1 Å². The lowest BCUT2D eigenvalue weighted by molar-refractivity contribution is -0.140. The Hall–Kier alpha value is -2.11. The van der Waals surface area contributed by atoms with E-state index in [1.54, 1.807) is 19.1 Å². The number of nitrogens with one attached hydrogen (secondary N) is 1. The van der Waals surface area contributed by atoms with Gasteiger partial charge in [0.25, 0.3) is 0 Å². The monoisotopic (exact) mass is 403 g/mol. The molecule has 5 nitrogen and oxygen atoms in total. The zero-order chi connectivity index (χ0) is 20.5. The second-order valence-corrected chi connectivity index (χ2v) is 8.47. The third kappa shape index (κ3) is 4.31. The number of rotatable bonds is 5. The molecule has 3 rings (SSSR count). The average molecular weight is 404 g/mol. The van der Waals surface area contributed by atoms with Gasteiger partial charge in [-0.15, -0.1) is 0 Å². The van der Waals surface area contributed by atoms with Crippen molar-refractivity contribution in [3.05, 3.63) is 57.4 Å². The minimum Gasteiger partial charge on any atom is -0.462 e. The molecule has 0 spiro atoms. The van der Waals surface area contributed by atoms with Gasteiger partial charge in [-0.25, -0.2) is 4.79 Å². The number of ketones is 1. The molecular weight excluding hydrogens is 378 g/mol. The van der Waals surface area contributed by atoms with E-state index in [2.05, 4.69) is 19.2 Å². The fourth-order valence-electron chi connectivity index (χ4n) is 3.78. The molecule has 1 atom stereocenters. The van der Waals surface area contributed by atoms with Crippen LogP contribution in [-0.2, 0) is 25.7 Å². The maximum absolute atomic E-state index is 13.0. The van der Waals surface area contributed by atoms with Crippen LogP contribution in [0.3, 0.4) is 0 Å². The van der Waals surface area contributed by atoms with Crippen LogP contribution in [-0.4, -0.2) is 24.5 Å². The summed E-state index contributed by atoms with van der Waals surface area (Å²) >= 11 is 5.95. The molecule has 1 aromatic rings. The summed E-state index contributed by atoms with van der Waals surface area (Å²) in [5, 5.41) is 3.91. The van der Waals surface area contributed by atoms with E-state index >= 15 is 0 Å². The van der Waals surface area contributed by atoms with Gasteiger partial charge in [-0.2, -0.15) is 0 Å². The van der Waals surface area contributed by atoms with Crippen LogP contribution >= 0.6 is 11.6 Å². The Bertz CT molecular complexity index is 852. The summed E-state index contributed by atoms with van der Waals surface area (Å²) in [6.45, 7) is 8.23. The summed E-state index contributed by atoms with van der Waals surface area (Å²) in [4.78, 5) is 25.6. The average Bonchev–Trinajstić information content (AvgIpc) is 2.59. The normalized spacial score (nSPS) is 21.3. The van der Waals surface area contributed by atoms with Gasteiger partial charge in [0.2, 0.25) is 0 Å². The molecule has 1 aromatic carbocycles. The quantitative estimate of drug-likeness (QED) is 0.742. The molecular formula is C22H26ClNO4. The first-order valence-electron chi connectivity index (χ1n) is 9.49. The largest absolute Gasteiger partial charge is 0.462 e. The lowest BCUT2D eigenvalue weighted by Crippen LogP contribution is -2.42. The number of allylic oxidation sites excluding steroid dienone is 2. The summed E-state index contributed by atoms with van der Waals surface area (Å²) < 4.78 is 11.4. The van der Waals surface area contributed by atoms with Crippen LogP contribution in [0.25, 0.3) is 0 Å². The predicted molar refractivity (Wildman–Crippen MR) is 108 cm³/mol. The van der Waals surface area contributed by atoms with Crippen LogP contribution < -0.4 is 5.32 Å². The van der Waals surface area contributed by atoms with Crippen molar-refractivity contribution in [1.29, 1.82) is 0 Å². The minimum absolute atomic E-state index is 0.00848. The first-order chi connectivity index (χ1) is 13.2. The Morgan fingerprint density at radius 1 is 1.25 bits per heavy atom. The SMILES string of the molecule is CCOC(=O)C1=C(C)NC2=C(C(=O)CC(C)(C)C2)C1OCc1ccc(Cl)cc1. The van der Waals surface area contributed by atoms with Crippen molar-refractivity contribution in [2.75, 3.05) is 6.61 Å². The van der Waals surface area contributed by atoms with Crippen LogP contribution in [0.2, 0.25) is 5.02 Å². The van der Waals surface area contributed by atoms with Gasteiger partial charge < -0.3 is 14.8 Å². The highest BCUT2D eigenvalue weighted by atomic mass is 35.5. The maximum atomic E-state index is 13.0. The van der Waals surface area contributed by atoms with Gasteiger partial charge in [0.15, 0.2) is 5.78 Å². The smallest absolute Gasteiger partial charge is 0.338 e. The number of halogens is 1. The van der Waals surface area contributed by atoms with Crippen LogP contribution in [0.1, 0.15) is 46.1 Å². The first kappa shape index (κ1) is 20.6. The van der Waals surface area contributed by atoms with E-state index in [0.717, 1.165) is 17.7 Å². The van der Waals surface area contributed by atoms with Crippen molar-refractivity contribution >= 4 is 23.4 Å². The zero-order valence-electron chi connectivity index (χ0n) is 16.7. The second-order valence-electron chi connectivity index (χ2n) is 8.03. The van der Waals surface area contributed by atoms with Crippen molar-refractivity contribution in [3.63, 3.8) is 0 Å². The number of hydrogen-bond donors (Lipinski definition) is 1. The van der Waals surface area contributed by atoms with Crippen LogP contribution in [0.15, 0.2) is 46.8 Å². The minimum atomic E-state index is -0.741. The molecule has 1 N–H and O–H groups in total. The zero-order valence-corrected chi connectivity index (χ0v) is 17.5. The van der Waals surface area contributed by atoms with Gasteiger partial charge in [-0.05, 0) is 43.4 Å². The fourth-order valence-corrected chi connectivity index (χ4v) is 3.91. The van der Waals surface area contributed by atoms with Crippen molar-refractivity contribution in [2.45, 2.75) is 53.2 Å². The van der Waals surface area contributed by atoms with Crippen molar-refractivity contribution < 1.29 is 19.1 Å². The van der Waals surface area contributed by atoms with Crippen molar-refractivity contribution in [2.24, 2.45) is 5.41 Å². The molecule has 0 radical (unpaired) electrons. The molecule has 1 unspecified atom stereocenters. The van der Waals surface area contributed by atoms with Crippen molar-refractivity contribution in [3.8, 4) is 0 Å². The van der Waals surface area contributed by atoms with Crippen LogP contribution in [0.5, 0.6) is 0 Å². The van der Waals surface area contributed by atoms with Gasteiger partial charge in [-0.1, -0.05) is 37.6 Å². The van der Waals surface area contributed by atoms with E-state index in [1.165, 1.54) is 0 Å². The van der Waals surface area contributed by atoms with E-state index in [0.29, 0.717) is 28.3 Å². The van der Waals surface area contributed by atoms with Crippen LogP contribution in [0.4, 0.5) is 0 Å². The van der Waals surface area contributed by atoms with Gasteiger partial charge in [0, 0.05) is 28.4 Å². The highest BCUT2D eigenvalue weighted by Gasteiger charge is 2.43. The Balaban J connectivity index is 1.95. The maximum Gasteiger partial charge on any atom is 0.338 e. The lowest BCUT2D eigenvalue weighted by atomic mass is 9.72. The summed E-state index contributed by atoms with van der Waals surface area (Å²) in [5.41, 5.74) is 3.20. The first-order valence-corrected chi connectivity index (χ1v) is 9.87. The number of carbonyl (C=O) groups excluding carboxylic acids is 2. The Kier molecular flexibility index (Phi) is 5.96. The van der Waals surface area contributed by atoms with E-state index in [4.69, 9.17) is 21.1 Å². The third-order valence-corrected chi connectivity index (χ3v) is 5.26. The van der Waals surface area contributed by atoms with Gasteiger partial charge >= 0.3 is 5.97 Å². The van der Waals surface area contributed by atoms with Gasteiger partial charge in [-0.3, -0.25) is 4.79 Å². The Morgan fingerprint density at radius 3 is 2.57 bits per heavy atom. The second kappa shape index (κ2) is 8.10. The number of benzene rings is 1. The van der Waals surface area contributed by atoms with E-state index in [9.17, 15) is 9.59 Å². The predicted octanol–water partition coefficient (Wildman–Crippen LogP) is 4.31. The molecule has 0 aromatic heterocycles. The topological polar surface area (TPSA) is 64.6 Å². The molecule has 0 saturated carbocycles. The third-order valence-electron chi connectivity index (χ3n) is 5.01. The number of esters is 1. The molecule has 28 heavy (non-hydrogen) atoms. The standard InChI is InChI=1S/C22H26ClNO4/c1-5-27-21(26)18-13(2)24-16-10-22(3,4)11-17(25)19(16)20(18)28-12-14-6-8-15(23)9-7-14/h6-9,20,24H,5,10-12H2,1-4H3. The molecule has 0 amide bonds. The fraction of sp³-hybridized carbons (Fsp3) is 0.455. The van der Waals surface area contributed by atoms with E-state index in [-0.39, 0.29) is 24.4 Å². The lowest BCUT2D eigenvalue weighted by Gasteiger charge is -2.39. The highest BCUT2D eigenvalue weighted by Crippen LogP contribution is 2.41. The number of ether oxygens (including phenoxy) is 2. The summed E-state index contributed by atoms with van der Waals surface area (Å²) in [7, 11) is 0. The molecule has 6 heteroatoms. The molecule has 1 aliphatic carbocycles. The van der Waals surface area contributed by atoms with E-state index in [1.807, 2.05) is 19.1 Å². The number of carbonyl (C=O) groups is 2. The Morgan fingerprint density at radius 2 is 1.93 bits per heavy atom. The highest BCUT2D eigenvalue weighted by molar-refractivity contribution is 6.30. The number of hydrogen-bond acceptors (Lipinski definition) is 5. The molecule has 1 heterocycles. The molecule has 0 saturated heterocycles. The van der Waals surface area contributed by atoms with Gasteiger partial charge in [0.05, 0.1) is 18.8 Å². The summed E-state index contributed by atoms with van der Waals surface area (Å²) in [5.74, 6) is -0.452. The molecule has 0 fully saturated rings. The molecule has 2 aliphatic rings. The number of Topliss-reactive ketones (excluding diaryl/α,β-unsaturated/α-hetero) is 1. The molecule has 0 bridgehead atoms. The molecule has 1 aliphatic heterocycles. The summed E-state index contributed by atoms with van der Waals surface area (Å²) in [6.07, 6.45) is 0.404. The van der Waals surface area contributed by atoms with Crippen molar-refractivity contribution in [1.82, 2.24) is 5.32 Å². The van der Waals surface area contributed by atoms with Gasteiger partial charge in [0.1, 0.15) is 6.10 Å². The Labute approximate surface area is 170 Å². The molecule has 150 valence electrons.